The van der Waals surface area contributed by atoms with Gasteiger partial charge in [0, 0.05) is 5.39 Å². The number of hydrogen-bond acceptors (Lipinski definition) is 4. The molecule has 1 amide bonds. The van der Waals surface area contributed by atoms with Gasteiger partial charge < -0.3 is 5.32 Å². The molecule has 0 aliphatic heterocycles. The summed E-state index contributed by atoms with van der Waals surface area (Å²) in [4.78, 5) is 25.3. The zero-order valence-corrected chi connectivity index (χ0v) is 15.8. The third kappa shape index (κ3) is 3.37. The summed E-state index contributed by atoms with van der Waals surface area (Å²) in [6.07, 6.45) is 3.70. The number of fused-ring (bicyclic) bond motifs is 1. The number of nitrogens with zero attached hydrogens (tertiary/aromatic N) is 4. The SMILES string of the molecule is Cc1ccc([C@H](C)NC(=O)Cn2ncc3c(C)nn(C4CC4)c3c2=O)cc1. The first kappa shape index (κ1) is 17.5. The molecule has 7 heteroatoms. The van der Waals surface area contributed by atoms with Crippen LogP contribution in [0.1, 0.15) is 48.7 Å². The van der Waals surface area contributed by atoms with Crippen LogP contribution >= 0.6 is 0 Å². The number of carbonyl (C=O) groups excluding carboxylic acids is 1. The molecule has 2 aromatic heterocycles. The molecular weight excluding hydrogens is 342 g/mol. The molecule has 7 nitrogen and oxygen atoms in total. The Morgan fingerprint density at radius 1 is 1.26 bits per heavy atom. The van der Waals surface area contributed by atoms with Crippen LogP contribution in [0.15, 0.2) is 35.3 Å². The van der Waals surface area contributed by atoms with Crippen molar-refractivity contribution in [3.63, 3.8) is 0 Å². The number of amides is 1. The van der Waals surface area contributed by atoms with Gasteiger partial charge in [-0.05, 0) is 39.2 Å². The van der Waals surface area contributed by atoms with E-state index in [4.69, 9.17) is 0 Å². The summed E-state index contributed by atoms with van der Waals surface area (Å²) in [6, 6.07) is 8.16. The fourth-order valence-corrected chi connectivity index (χ4v) is 3.29. The maximum Gasteiger partial charge on any atom is 0.293 e. The molecule has 1 aromatic carbocycles. The van der Waals surface area contributed by atoms with Gasteiger partial charge in [0.1, 0.15) is 12.1 Å². The van der Waals surface area contributed by atoms with Gasteiger partial charge >= 0.3 is 0 Å². The zero-order valence-electron chi connectivity index (χ0n) is 15.8. The minimum Gasteiger partial charge on any atom is -0.348 e. The fourth-order valence-electron chi connectivity index (χ4n) is 3.29. The van der Waals surface area contributed by atoms with Crippen LogP contribution < -0.4 is 10.9 Å². The summed E-state index contributed by atoms with van der Waals surface area (Å²) in [5, 5.41) is 12.4. The molecule has 4 rings (SSSR count). The van der Waals surface area contributed by atoms with Crippen molar-refractivity contribution >= 4 is 16.8 Å². The Morgan fingerprint density at radius 2 is 1.96 bits per heavy atom. The highest BCUT2D eigenvalue weighted by atomic mass is 16.2. The van der Waals surface area contributed by atoms with E-state index in [1.165, 1.54) is 10.2 Å². The number of nitrogens with one attached hydrogen (secondary N) is 1. The molecule has 3 aromatic rings. The highest BCUT2D eigenvalue weighted by Gasteiger charge is 2.28. The van der Waals surface area contributed by atoms with Crippen LogP contribution in [0.3, 0.4) is 0 Å². The number of aromatic nitrogens is 4. The molecule has 0 spiro atoms. The van der Waals surface area contributed by atoms with Crippen molar-refractivity contribution in [3.05, 3.63) is 57.6 Å². The van der Waals surface area contributed by atoms with Crippen molar-refractivity contribution in [2.45, 2.75) is 52.2 Å². The highest BCUT2D eigenvalue weighted by Crippen LogP contribution is 2.36. The second kappa shape index (κ2) is 6.64. The molecule has 1 fully saturated rings. The van der Waals surface area contributed by atoms with Crippen LogP contribution in [0.4, 0.5) is 0 Å². The molecule has 1 atom stereocenters. The smallest absolute Gasteiger partial charge is 0.293 e. The fraction of sp³-hybridized carbons (Fsp3) is 0.400. The standard InChI is InChI=1S/C20H23N5O2/c1-12-4-6-15(7-5-12)13(2)22-18(26)11-24-20(27)19-17(10-21-24)14(3)23-25(19)16-8-9-16/h4-7,10,13,16H,8-9,11H2,1-3H3,(H,22,26)/t13-/m0/s1. The molecule has 1 saturated carbocycles. The summed E-state index contributed by atoms with van der Waals surface area (Å²) >= 11 is 0. The zero-order chi connectivity index (χ0) is 19.1. The van der Waals surface area contributed by atoms with E-state index in [2.05, 4.69) is 15.5 Å². The van der Waals surface area contributed by atoms with E-state index >= 15 is 0 Å². The Bertz CT molecular complexity index is 1060. The van der Waals surface area contributed by atoms with Crippen molar-refractivity contribution in [3.8, 4) is 0 Å². The van der Waals surface area contributed by atoms with E-state index in [-0.39, 0.29) is 24.1 Å². The minimum absolute atomic E-state index is 0.111. The Morgan fingerprint density at radius 3 is 2.63 bits per heavy atom. The van der Waals surface area contributed by atoms with Gasteiger partial charge in [0.25, 0.3) is 5.56 Å². The predicted octanol–water partition coefficient (Wildman–Crippen LogP) is 2.42. The Labute approximate surface area is 157 Å². The maximum atomic E-state index is 12.9. The first-order chi connectivity index (χ1) is 12.9. The van der Waals surface area contributed by atoms with Crippen LogP contribution in [0.5, 0.6) is 0 Å². The van der Waals surface area contributed by atoms with E-state index in [1.807, 2.05) is 45.0 Å². The molecule has 0 saturated heterocycles. The molecule has 2 heterocycles. The van der Waals surface area contributed by atoms with Crippen molar-refractivity contribution in [1.29, 1.82) is 0 Å². The monoisotopic (exact) mass is 365 g/mol. The van der Waals surface area contributed by atoms with Crippen LogP contribution in [0.25, 0.3) is 10.9 Å². The molecule has 1 aliphatic carbocycles. The molecule has 0 radical (unpaired) electrons. The van der Waals surface area contributed by atoms with Gasteiger partial charge in [-0.2, -0.15) is 10.2 Å². The molecule has 140 valence electrons. The van der Waals surface area contributed by atoms with Crippen LogP contribution in [-0.2, 0) is 11.3 Å². The summed E-state index contributed by atoms with van der Waals surface area (Å²) in [5.41, 5.74) is 3.27. The van der Waals surface area contributed by atoms with E-state index < -0.39 is 0 Å². The van der Waals surface area contributed by atoms with E-state index in [0.29, 0.717) is 11.6 Å². The second-order valence-electron chi connectivity index (χ2n) is 7.33. The average molecular weight is 365 g/mol. The van der Waals surface area contributed by atoms with Crippen LogP contribution in [-0.4, -0.2) is 25.5 Å². The van der Waals surface area contributed by atoms with E-state index in [1.54, 1.807) is 10.9 Å². The minimum atomic E-state index is -0.266. The average Bonchev–Trinajstić information content (AvgIpc) is 3.42. The largest absolute Gasteiger partial charge is 0.348 e. The summed E-state index contributed by atoms with van der Waals surface area (Å²) in [7, 11) is 0. The van der Waals surface area contributed by atoms with Crippen molar-refractivity contribution < 1.29 is 4.79 Å². The predicted molar refractivity (Wildman–Crippen MR) is 103 cm³/mol. The van der Waals surface area contributed by atoms with Crippen LogP contribution in [0, 0.1) is 13.8 Å². The van der Waals surface area contributed by atoms with Gasteiger partial charge in [-0.3, -0.25) is 14.3 Å². The Kier molecular flexibility index (Phi) is 4.30. The lowest BCUT2D eigenvalue weighted by Gasteiger charge is -2.15. The van der Waals surface area contributed by atoms with Crippen molar-refractivity contribution in [2.24, 2.45) is 0 Å². The normalized spacial score (nSPS) is 15.1. The maximum absolute atomic E-state index is 12.9. The lowest BCUT2D eigenvalue weighted by Crippen LogP contribution is -2.35. The number of rotatable bonds is 5. The van der Waals surface area contributed by atoms with Gasteiger partial charge in [0.15, 0.2) is 0 Å². The number of aryl methyl sites for hydroxylation is 2. The quantitative estimate of drug-likeness (QED) is 0.753. The summed E-state index contributed by atoms with van der Waals surface area (Å²) in [5.74, 6) is -0.244. The number of carbonyl (C=O) groups is 1. The highest BCUT2D eigenvalue weighted by molar-refractivity contribution is 5.81. The second-order valence-corrected chi connectivity index (χ2v) is 7.33. The van der Waals surface area contributed by atoms with Gasteiger partial charge in [-0.15, -0.1) is 0 Å². The molecule has 0 bridgehead atoms. The van der Waals surface area contributed by atoms with E-state index in [9.17, 15) is 9.59 Å². The summed E-state index contributed by atoms with van der Waals surface area (Å²) < 4.78 is 3.03. The number of benzene rings is 1. The van der Waals surface area contributed by atoms with Crippen LogP contribution in [0.2, 0.25) is 0 Å². The molecule has 0 unspecified atom stereocenters. The Balaban J connectivity index is 1.55. The van der Waals surface area contributed by atoms with E-state index in [0.717, 1.165) is 29.5 Å². The van der Waals surface area contributed by atoms with Gasteiger partial charge in [-0.1, -0.05) is 29.8 Å². The van der Waals surface area contributed by atoms with Gasteiger partial charge in [-0.25, -0.2) is 4.68 Å². The first-order valence-electron chi connectivity index (χ1n) is 9.25. The first-order valence-corrected chi connectivity index (χ1v) is 9.25. The van der Waals surface area contributed by atoms with Crippen molar-refractivity contribution in [2.75, 3.05) is 0 Å². The number of hydrogen-bond donors (Lipinski definition) is 1. The molecule has 27 heavy (non-hydrogen) atoms. The van der Waals surface area contributed by atoms with Gasteiger partial charge in [0.2, 0.25) is 5.91 Å². The third-order valence-corrected chi connectivity index (χ3v) is 5.04. The lowest BCUT2D eigenvalue weighted by atomic mass is 10.1. The molecule has 1 N–H and O–H groups in total. The Hall–Kier alpha value is -2.96. The third-order valence-electron chi connectivity index (χ3n) is 5.04. The topological polar surface area (TPSA) is 81.8 Å². The molecular formula is C20H23N5O2. The van der Waals surface area contributed by atoms with Gasteiger partial charge in [0.05, 0.1) is 24.0 Å². The summed E-state index contributed by atoms with van der Waals surface area (Å²) in [6.45, 7) is 5.71. The van der Waals surface area contributed by atoms with Crippen molar-refractivity contribution in [1.82, 2.24) is 24.9 Å². The molecule has 1 aliphatic rings. The lowest BCUT2D eigenvalue weighted by molar-refractivity contribution is -0.122.